The molecule has 1 aliphatic rings. The van der Waals surface area contributed by atoms with Gasteiger partial charge in [0.05, 0.1) is 5.52 Å². The van der Waals surface area contributed by atoms with E-state index in [1.54, 1.807) is 0 Å². The van der Waals surface area contributed by atoms with Crippen LogP contribution in [0, 0.1) is 0 Å². The van der Waals surface area contributed by atoms with Crippen LogP contribution >= 0.6 is 0 Å². The number of aromatic amines is 1. The normalized spacial score (nSPS) is 13.2. The maximum absolute atomic E-state index is 4.63. The molecule has 5 nitrogen and oxygen atoms in total. The first-order valence-electron chi connectivity index (χ1n) is 9.76. The van der Waals surface area contributed by atoms with E-state index < -0.39 is 0 Å². The number of benzene rings is 2. The third kappa shape index (κ3) is 3.04. The second kappa shape index (κ2) is 7.09. The second-order valence-electron chi connectivity index (χ2n) is 7.29. The molecule has 5 heteroatoms. The molecule has 5 rings (SSSR count). The molecule has 0 bridgehead atoms. The van der Waals surface area contributed by atoms with Gasteiger partial charge in [-0.05, 0) is 47.0 Å². The first-order valence-corrected chi connectivity index (χ1v) is 9.76. The van der Waals surface area contributed by atoms with E-state index in [0.29, 0.717) is 0 Å². The molecule has 1 aliphatic heterocycles. The highest BCUT2D eigenvalue weighted by Crippen LogP contribution is 2.34. The van der Waals surface area contributed by atoms with Crippen LogP contribution in [0.15, 0.2) is 60.9 Å². The van der Waals surface area contributed by atoms with Crippen molar-refractivity contribution in [2.45, 2.75) is 26.6 Å². The lowest BCUT2D eigenvalue weighted by atomic mass is 10.0. The van der Waals surface area contributed by atoms with E-state index in [2.05, 4.69) is 80.9 Å². The van der Waals surface area contributed by atoms with Crippen LogP contribution in [0.4, 0.5) is 5.82 Å². The van der Waals surface area contributed by atoms with Crippen molar-refractivity contribution in [3.8, 4) is 11.1 Å². The van der Waals surface area contributed by atoms with Crippen molar-refractivity contribution >= 4 is 16.7 Å². The summed E-state index contributed by atoms with van der Waals surface area (Å²) in [5.41, 5.74) is 7.32. The van der Waals surface area contributed by atoms with Gasteiger partial charge >= 0.3 is 0 Å². The zero-order valence-corrected chi connectivity index (χ0v) is 15.9. The van der Waals surface area contributed by atoms with Crippen LogP contribution in [0.25, 0.3) is 22.0 Å². The Labute approximate surface area is 164 Å². The molecule has 2 aromatic heterocycles. The SMILES string of the molecule is CCNCc1cncc(-c2ccc3[nH]nc(N4Cc5ccccc5C4)c3c2)c1. The van der Waals surface area contributed by atoms with Gasteiger partial charge in [0.15, 0.2) is 5.82 Å². The maximum Gasteiger partial charge on any atom is 0.158 e. The van der Waals surface area contributed by atoms with Crippen LogP contribution in [0.2, 0.25) is 0 Å². The summed E-state index contributed by atoms with van der Waals surface area (Å²) in [7, 11) is 0. The van der Waals surface area contributed by atoms with Crippen molar-refractivity contribution in [3.05, 3.63) is 77.6 Å². The lowest BCUT2D eigenvalue weighted by Gasteiger charge is -2.15. The molecule has 0 aliphatic carbocycles. The van der Waals surface area contributed by atoms with E-state index in [-0.39, 0.29) is 0 Å². The number of rotatable bonds is 5. The number of aromatic nitrogens is 3. The summed E-state index contributed by atoms with van der Waals surface area (Å²) in [4.78, 5) is 6.78. The predicted octanol–water partition coefficient (Wildman–Crippen LogP) is 4.25. The molecule has 0 atom stereocenters. The molecule has 2 N–H and O–H groups in total. The Kier molecular flexibility index (Phi) is 4.29. The molecule has 0 unspecified atom stereocenters. The van der Waals surface area contributed by atoms with Gasteiger partial charge in [0.2, 0.25) is 0 Å². The Bertz CT molecular complexity index is 1110. The topological polar surface area (TPSA) is 56.8 Å². The number of nitrogens with one attached hydrogen (secondary N) is 2. The Morgan fingerprint density at radius 1 is 1.00 bits per heavy atom. The zero-order valence-electron chi connectivity index (χ0n) is 15.9. The average molecular weight is 369 g/mol. The molecule has 0 amide bonds. The van der Waals surface area contributed by atoms with Crippen LogP contribution < -0.4 is 10.2 Å². The maximum atomic E-state index is 4.63. The van der Waals surface area contributed by atoms with E-state index >= 15 is 0 Å². The number of pyridine rings is 1. The summed E-state index contributed by atoms with van der Waals surface area (Å²) < 4.78 is 0. The molecular weight excluding hydrogens is 346 g/mol. The summed E-state index contributed by atoms with van der Waals surface area (Å²) >= 11 is 0. The number of fused-ring (bicyclic) bond motifs is 2. The molecule has 140 valence electrons. The number of anilines is 1. The highest BCUT2D eigenvalue weighted by atomic mass is 15.3. The molecule has 0 saturated heterocycles. The van der Waals surface area contributed by atoms with Crippen LogP contribution in [-0.2, 0) is 19.6 Å². The summed E-state index contributed by atoms with van der Waals surface area (Å²) in [5, 5.41) is 12.3. The monoisotopic (exact) mass is 369 g/mol. The fourth-order valence-corrected chi connectivity index (χ4v) is 3.92. The third-order valence-electron chi connectivity index (χ3n) is 5.39. The van der Waals surface area contributed by atoms with Gasteiger partial charge in [0, 0.05) is 43.0 Å². The Morgan fingerprint density at radius 2 is 1.82 bits per heavy atom. The largest absolute Gasteiger partial charge is 0.346 e. The van der Waals surface area contributed by atoms with Gasteiger partial charge in [-0.1, -0.05) is 37.3 Å². The zero-order chi connectivity index (χ0) is 18.9. The summed E-state index contributed by atoms with van der Waals surface area (Å²) in [6.45, 7) is 5.71. The highest BCUT2D eigenvalue weighted by Gasteiger charge is 2.22. The Morgan fingerprint density at radius 3 is 2.61 bits per heavy atom. The molecule has 0 spiro atoms. The van der Waals surface area contributed by atoms with Crippen LogP contribution in [-0.4, -0.2) is 21.7 Å². The number of nitrogens with zero attached hydrogens (tertiary/aromatic N) is 3. The van der Waals surface area contributed by atoms with Crippen molar-refractivity contribution in [1.82, 2.24) is 20.5 Å². The molecule has 2 aromatic carbocycles. The quantitative estimate of drug-likeness (QED) is 0.552. The molecule has 3 heterocycles. The van der Waals surface area contributed by atoms with Gasteiger partial charge in [0.25, 0.3) is 0 Å². The minimum atomic E-state index is 0.836. The molecule has 0 radical (unpaired) electrons. The summed E-state index contributed by atoms with van der Waals surface area (Å²) in [6, 6.07) is 17.3. The van der Waals surface area contributed by atoms with Crippen LogP contribution in [0.3, 0.4) is 0 Å². The minimum Gasteiger partial charge on any atom is -0.346 e. The minimum absolute atomic E-state index is 0.836. The number of hydrogen-bond acceptors (Lipinski definition) is 4. The van der Waals surface area contributed by atoms with E-state index in [1.807, 2.05) is 12.4 Å². The molecule has 0 saturated carbocycles. The lowest BCUT2D eigenvalue weighted by Crippen LogP contribution is -2.15. The summed E-state index contributed by atoms with van der Waals surface area (Å²) in [5.74, 6) is 1.02. The van der Waals surface area contributed by atoms with Gasteiger partial charge < -0.3 is 10.2 Å². The van der Waals surface area contributed by atoms with E-state index in [9.17, 15) is 0 Å². The van der Waals surface area contributed by atoms with E-state index in [4.69, 9.17) is 0 Å². The number of hydrogen-bond donors (Lipinski definition) is 2. The molecular formula is C23H23N5. The smallest absolute Gasteiger partial charge is 0.158 e. The van der Waals surface area contributed by atoms with E-state index in [0.717, 1.165) is 54.0 Å². The fraction of sp³-hybridized carbons (Fsp3) is 0.217. The van der Waals surface area contributed by atoms with Gasteiger partial charge in [-0.15, -0.1) is 0 Å². The molecule has 0 fully saturated rings. The van der Waals surface area contributed by atoms with Crippen LogP contribution in [0.5, 0.6) is 0 Å². The van der Waals surface area contributed by atoms with Crippen molar-refractivity contribution in [2.75, 3.05) is 11.4 Å². The fourth-order valence-electron chi connectivity index (χ4n) is 3.92. The highest BCUT2D eigenvalue weighted by molar-refractivity contribution is 5.93. The Balaban J connectivity index is 1.49. The van der Waals surface area contributed by atoms with Crippen molar-refractivity contribution < 1.29 is 0 Å². The van der Waals surface area contributed by atoms with Gasteiger partial charge in [-0.25, -0.2) is 0 Å². The van der Waals surface area contributed by atoms with Crippen LogP contribution in [0.1, 0.15) is 23.6 Å². The second-order valence-corrected chi connectivity index (χ2v) is 7.29. The number of H-pyrrole nitrogens is 1. The van der Waals surface area contributed by atoms with Gasteiger partial charge in [-0.3, -0.25) is 10.1 Å². The Hall–Kier alpha value is -3.18. The molecule has 28 heavy (non-hydrogen) atoms. The average Bonchev–Trinajstić information content (AvgIpc) is 3.35. The lowest BCUT2D eigenvalue weighted by molar-refractivity contribution is 0.724. The third-order valence-corrected chi connectivity index (χ3v) is 5.39. The van der Waals surface area contributed by atoms with Crippen molar-refractivity contribution in [1.29, 1.82) is 0 Å². The standard InChI is InChI=1S/C23H23N5/c1-2-24-11-16-9-20(13-25-12-16)17-7-8-22-21(10-17)23(27-26-22)28-14-18-5-3-4-6-19(18)15-28/h3-10,12-13,24H,2,11,14-15H2,1H3,(H,26,27). The predicted molar refractivity (Wildman–Crippen MR) is 113 cm³/mol. The van der Waals surface area contributed by atoms with E-state index in [1.165, 1.54) is 16.7 Å². The van der Waals surface area contributed by atoms with Gasteiger partial charge in [-0.2, -0.15) is 5.10 Å². The first-order chi connectivity index (χ1) is 13.8. The van der Waals surface area contributed by atoms with Gasteiger partial charge in [0.1, 0.15) is 0 Å². The van der Waals surface area contributed by atoms with Crippen molar-refractivity contribution in [3.63, 3.8) is 0 Å². The summed E-state index contributed by atoms with van der Waals surface area (Å²) in [6.07, 6.45) is 3.86. The van der Waals surface area contributed by atoms with Crippen molar-refractivity contribution in [2.24, 2.45) is 0 Å². The molecule has 4 aromatic rings. The first kappa shape index (κ1) is 17.0.